The van der Waals surface area contributed by atoms with Crippen molar-refractivity contribution in [2.45, 2.75) is 30.2 Å². The fourth-order valence-electron chi connectivity index (χ4n) is 3.00. The number of carbonyl (C=O) groups is 1. The van der Waals surface area contributed by atoms with Crippen LogP contribution in [0.4, 0.5) is 11.4 Å². The SMILES string of the molecule is CCOC(=O)c1cc(Sc2ccc(N)c(N(N)Cc3ccccc3)c2)c(C)n1C. The maximum absolute atomic E-state index is 12.2. The summed E-state index contributed by atoms with van der Waals surface area (Å²) < 4.78 is 6.99. The number of esters is 1. The van der Waals surface area contributed by atoms with Crippen LogP contribution in [0.3, 0.4) is 0 Å². The van der Waals surface area contributed by atoms with Gasteiger partial charge < -0.3 is 20.0 Å². The first kappa shape index (κ1) is 20.8. The molecule has 4 N–H and O–H groups in total. The monoisotopic (exact) mass is 410 g/mol. The van der Waals surface area contributed by atoms with Gasteiger partial charge in [-0.15, -0.1) is 0 Å². The van der Waals surface area contributed by atoms with Crippen molar-refractivity contribution >= 4 is 29.1 Å². The Balaban J connectivity index is 1.83. The molecule has 7 heteroatoms. The summed E-state index contributed by atoms with van der Waals surface area (Å²) in [5.41, 5.74) is 10.2. The molecule has 1 aromatic heterocycles. The molecule has 0 bridgehead atoms. The van der Waals surface area contributed by atoms with Gasteiger partial charge in [-0.1, -0.05) is 42.1 Å². The summed E-state index contributed by atoms with van der Waals surface area (Å²) in [4.78, 5) is 14.1. The van der Waals surface area contributed by atoms with Crippen LogP contribution in [0.5, 0.6) is 0 Å². The molecule has 1 heterocycles. The number of hydrogen-bond acceptors (Lipinski definition) is 6. The van der Waals surface area contributed by atoms with Gasteiger partial charge in [0.05, 0.1) is 24.5 Å². The van der Waals surface area contributed by atoms with Gasteiger partial charge in [0.2, 0.25) is 0 Å². The molecule has 0 fully saturated rings. The number of ether oxygens (including phenoxy) is 1. The normalized spacial score (nSPS) is 10.8. The highest BCUT2D eigenvalue weighted by Crippen LogP contribution is 2.36. The molecule has 2 aromatic carbocycles. The van der Waals surface area contributed by atoms with Crippen molar-refractivity contribution in [1.82, 2.24) is 4.57 Å². The van der Waals surface area contributed by atoms with Gasteiger partial charge in [-0.3, -0.25) is 0 Å². The molecule has 152 valence electrons. The standard InChI is InChI=1S/C22H26N4O2S/c1-4-28-22(27)20-13-21(15(2)25(20)3)29-17-10-11-18(23)19(12-17)26(24)14-16-8-6-5-7-9-16/h5-13H,4,14,23-24H2,1-3H3. The van der Waals surface area contributed by atoms with E-state index in [9.17, 15) is 4.79 Å². The summed E-state index contributed by atoms with van der Waals surface area (Å²) in [6, 6.07) is 17.6. The summed E-state index contributed by atoms with van der Waals surface area (Å²) in [7, 11) is 1.86. The van der Waals surface area contributed by atoms with E-state index in [2.05, 4.69) is 0 Å². The van der Waals surface area contributed by atoms with Gasteiger partial charge in [0, 0.05) is 22.5 Å². The smallest absolute Gasteiger partial charge is 0.354 e. The average Bonchev–Trinajstić information content (AvgIpc) is 2.99. The van der Waals surface area contributed by atoms with Crippen molar-refractivity contribution < 1.29 is 9.53 Å². The molecule has 29 heavy (non-hydrogen) atoms. The molecule has 0 saturated heterocycles. The Morgan fingerprint density at radius 3 is 2.59 bits per heavy atom. The summed E-state index contributed by atoms with van der Waals surface area (Å²) in [6.07, 6.45) is 0. The van der Waals surface area contributed by atoms with Crippen LogP contribution in [0, 0.1) is 6.92 Å². The van der Waals surface area contributed by atoms with E-state index >= 15 is 0 Å². The number of benzene rings is 2. The molecular formula is C22H26N4O2S. The van der Waals surface area contributed by atoms with Gasteiger partial charge >= 0.3 is 5.97 Å². The third-order valence-corrected chi connectivity index (χ3v) is 5.83. The van der Waals surface area contributed by atoms with Gasteiger partial charge in [-0.2, -0.15) is 0 Å². The van der Waals surface area contributed by atoms with E-state index in [1.807, 2.05) is 73.1 Å². The molecular weight excluding hydrogens is 384 g/mol. The molecule has 0 spiro atoms. The highest BCUT2D eigenvalue weighted by molar-refractivity contribution is 7.99. The number of nitrogens with two attached hydrogens (primary N) is 2. The molecule has 3 rings (SSSR count). The highest BCUT2D eigenvalue weighted by atomic mass is 32.2. The quantitative estimate of drug-likeness (QED) is 0.264. The van der Waals surface area contributed by atoms with Gasteiger partial charge in [-0.25, -0.2) is 10.6 Å². The molecule has 0 aliphatic rings. The number of hydrogen-bond donors (Lipinski definition) is 2. The molecule has 0 atom stereocenters. The summed E-state index contributed by atoms with van der Waals surface area (Å²) >= 11 is 1.56. The predicted molar refractivity (Wildman–Crippen MR) is 118 cm³/mol. The number of nitrogens with zero attached hydrogens (tertiary/aromatic N) is 2. The molecule has 0 aliphatic heterocycles. The Labute approximate surface area is 175 Å². The van der Waals surface area contributed by atoms with Crippen molar-refractivity contribution in [2.75, 3.05) is 17.3 Å². The molecule has 0 unspecified atom stereocenters. The first-order valence-electron chi connectivity index (χ1n) is 9.37. The van der Waals surface area contributed by atoms with Gasteiger partial charge in [0.1, 0.15) is 5.69 Å². The van der Waals surface area contributed by atoms with E-state index in [-0.39, 0.29) is 5.97 Å². The summed E-state index contributed by atoms with van der Waals surface area (Å²) in [5, 5.41) is 1.65. The number of anilines is 2. The van der Waals surface area contributed by atoms with Crippen LogP contribution in [-0.2, 0) is 18.3 Å². The zero-order valence-electron chi connectivity index (χ0n) is 16.9. The van der Waals surface area contributed by atoms with Gasteiger partial charge in [-0.05, 0) is 43.7 Å². The van der Waals surface area contributed by atoms with Crippen LogP contribution in [0.15, 0.2) is 64.4 Å². The minimum atomic E-state index is -0.320. The number of aromatic nitrogens is 1. The molecule has 0 aliphatic carbocycles. The fourth-order valence-corrected chi connectivity index (χ4v) is 4.02. The Morgan fingerprint density at radius 2 is 1.90 bits per heavy atom. The number of carbonyl (C=O) groups excluding carboxylic acids is 1. The van der Waals surface area contributed by atoms with Crippen molar-refractivity contribution in [3.63, 3.8) is 0 Å². The summed E-state index contributed by atoms with van der Waals surface area (Å²) in [5.74, 6) is 5.98. The van der Waals surface area contributed by atoms with E-state index in [0.29, 0.717) is 24.5 Å². The maximum Gasteiger partial charge on any atom is 0.354 e. The highest BCUT2D eigenvalue weighted by Gasteiger charge is 2.18. The van der Waals surface area contributed by atoms with Crippen molar-refractivity contribution in [3.8, 4) is 0 Å². The van der Waals surface area contributed by atoms with E-state index in [4.69, 9.17) is 16.3 Å². The molecule has 0 saturated carbocycles. The second kappa shape index (κ2) is 9.07. The zero-order valence-corrected chi connectivity index (χ0v) is 17.7. The van der Waals surface area contributed by atoms with Crippen molar-refractivity contribution in [2.24, 2.45) is 12.9 Å². The first-order chi connectivity index (χ1) is 13.9. The van der Waals surface area contributed by atoms with Crippen LogP contribution in [-0.4, -0.2) is 17.1 Å². The second-order valence-electron chi connectivity index (χ2n) is 6.69. The van der Waals surface area contributed by atoms with Crippen LogP contribution in [0.2, 0.25) is 0 Å². The van der Waals surface area contributed by atoms with Crippen LogP contribution in [0.25, 0.3) is 0 Å². The predicted octanol–water partition coefficient (Wildman–Crippen LogP) is 4.12. The Morgan fingerprint density at radius 1 is 1.17 bits per heavy atom. The average molecular weight is 411 g/mol. The van der Waals surface area contributed by atoms with Gasteiger partial charge in [0.25, 0.3) is 0 Å². The lowest BCUT2D eigenvalue weighted by Gasteiger charge is -2.21. The Kier molecular flexibility index (Phi) is 6.51. The number of rotatable bonds is 7. The topological polar surface area (TPSA) is 86.5 Å². The Bertz CT molecular complexity index is 1000. The fraction of sp³-hybridized carbons (Fsp3) is 0.227. The van der Waals surface area contributed by atoms with Crippen LogP contribution in [0.1, 0.15) is 28.7 Å². The Hall–Kier alpha value is -2.90. The third kappa shape index (κ3) is 4.75. The first-order valence-corrected chi connectivity index (χ1v) is 10.2. The van der Waals surface area contributed by atoms with E-state index in [1.165, 1.54) is 0 Å². The van der Waals surface area contributed by atoms with E-state index in [0.717, 1.165) is 26.7 Å². The molecule has 6 nitrogen and oxygen atoms in total. The lowest BCUT2D eigenvalue weighted by atomic mass is 10.2. The zero-order chi connectivity index (χ0) is 21.0. The van der Waals surface area contributed by atoms with Gasteiger partial charge in [0.15, 0.2) is 0 Å². The minimum absolute atomic E-state index is 0.320. The number of nitrogen functional groups attached to an aromatic ring is 1. The lowest BCUT2D eigenvalue weighted by Crippen LogP contribution is -2.30. The molecule has 0 radical (unpaired) electrons. The minimum Gasteiger partial charge on any atom is -0.461 e. The summed E-state index contributed by atoms with van der Waals surface area (Å²) in [6.45, 7) is 4.68. The van der Waals surface area contributed by atoms with E-state index in [1.54, 1.807) is 23.7 Å². The van der Waals surface area contributed by atoms with Crippen LogP contribution < -0.4 is 16.6 Å². The van der Waals surface area contributed by atoms with Crippen LogP contribution >= 0.6 is 11.8 Å². The third-order valence-electron chi connectivity index (χ3n) is 4.71. The lowest BCUT2D eigenvalue weighted by molar-refractivity contribution is 0.0515. The molecule has 0 amide bonds. The molecule has 3 aromatic rings. The largest absolute Gasteiger partial charge is 0.461 e. The second-order valence-corrected chi connectivity index (χ2v) is 7.81. The maximum atomic E-state index is 12.2. The van der Waals surface area contributed by atoms with Crippen molar-refractivity contribution in [1.29, 1.82) is 0 Å². The van der Waals surface area contributed by atoms with E-state index < -0.39 is 0 Å². The number of hydrazine groups is 1. The van der Waals surface area contributed by atoms with Crippen molar-refractivity contribution in [3.05, 3.63) is 71.5 Å².